The number of nitrogens with one attached hydrogen (secondary N) is 1. The molecule has 1 aromatic carbocycles. The first-order chi connectivity index (χ1) is 9.48. The van der Waals surface area contributed by atoms with Crippen LogP contribution in [0.25, 0.3) is 0 Å². The van der Waals surface area contributed by atoms with Gasteiger partial charge in [0.1, 0.15) is 0 Å². The number of nitrogens with zero attached hydrogens (tertiary/aromatic N) is 2. The van der Waals surface area contributed by atoms with Crippen LogP contribution in [0.4, 0.5) is 5.69 Å². The Kier molecular flexibility index (Phi) is 4.01. The van der Waals surface area contributed by atoms with Crippen molar-refractivity contribution in [2.24, 2.45) is 0 Å². The molecule has 0 unspecified atom stereocenters. The average Bonchev–Trinajstić information content (AvgIpc) is 2.38. The molecule has 1 aromatic heterocycles. The molecule has 102 valence electrons. The number of pyridine rings is 1. The number of aryl methyl sites for hydroxylation is 1. The maximum atomic E-state index is 12.0. The number of nitriles is 1. The predicted octanol–water partition coefficient (Wildman–Crippen LogP) is 2.20. The molecule has 0 bridgehead atoms. The summed E-state index contributed by atoms with van der Waals surface area (Å²) in [6.07, 6.45) is 1.55. The van der Waals surface area contributed by atoms with Gasteiger partial charge in [0.15, 0.2) is 0 Å². The van der Waals surface area contributed by atoms with Gasteiger partial charge in [-0.15, -0.1) is 0 Å². The van der Waals surface area contributed by atoms with Gasteiger partial charge in [-0.25, -0.2) is 8.42 Å². The summed E-state index contributed by atoms with van der Waals surface area (Å²) in [6, 6.07) is 11.7. The molecule has 0 amide bonds. The molecule has 2 rings (SSSR count). The van der Waals surface area contributed by atoms with E-state index in [2.05, 4.69) is 9.71 Å². The van der Waals surface area contributed by atoms with Gasteiger partial charge >= 0.3 is 0 Å². The highest BCUT2D eigenvalue weighted by atomic mass is 32.2. The summed E-state index contributed by atoms with van der Waals surface area (Å²) in [5.74, 6) is -0.139. The fraction of sp³-hybridized carbons (Fsp3) is 0.143. The van der Waals surface area contributed by atoms with E-state index in [0.29, 0.717) is 16.8 Å². The van der Waals surface area contributed by atoms with Gasteiger partial charge in [0.05, 0.1) is 23.1 Å². The summed E-state index contributed by atoms with van der Waals surface area (Å²) in [7, 11) is -3.48. The van der Waals surface area contributed by atoms with Gasteiger partial charge in [0, 0.05) is 11.9 Å². The number of sulfonamides is 1. The molecular formula is C14H13N3O2S. The predicted molar refractivity (Wildman–Crippen MR) is 76.4 cm³/mol. The second-order valence-electron chi connectivity index (χ2n) is 4.36. The van der Waals surface area contributed by atoms with Crippen LogP contribution in [0.1, 0.15) is 16.8 Å². The molecule has 2 aromatic rings. The summed E-state index contributed by atoms with van der Waals surface area (Å²) >= 11 is 0. The van der Waals surface area contributed by atoms with Crippen molar-refractivity contribution in [3.8, 4) is 6.07 Å². The normalized spacial score (nSPS) is 10.8. The molecule has 0 spiro atoms. The van der Waals surface area contributed by atoms with Crippen molar-refractivity contribution in [2.45, 2.75) is 12.7 Å². The molecular weight excluding hydrogens is 274 g/mol. The highest BCUT2D eigenvalue weighted by molar-refractivity contribution is 7.91. The van der Waals surface area contributed by atoms with Crippen molar-refractivity contribution in [3.63, 3.8) is 0 Å². The fourth-order valence-electron chi connectivity index (χ4n) is 1.72. The molecule has 20 heavy (non-hydrogen) atoms. The van der Waals surface area contributed by atoms with Gasteiger partial charge in [-0.3, -0.25) is 9.71 Å². The minimum Gasteiger partial charge on any atom is -0.283 e. The molecule has 0 fully saturated rings. The highest BCUT2D eigenvalue weighted by Crippen LogP contribution is 2.13. The van der Waals surface area contributed by atoms with E-state index in [1.54, 1.807) is 49.5 Å². The molecule has 1 N–H and O–H groups in total. The number of hydrogen-bond acceptors (Lipinski definition) is 4. The third-order valence-electron chi connectivity index (χ3n) is 2.61. The largest absolute Gasteiger partial charge is 0.283 e. The lowest BCUT2D eigenvalue weighted by Crippen LogP contribution is -2.15. The van der Waals surface area contributed by atoms with Crippen LogP contribution in [0.2, 0.25) is 0 Å². The van der Waals surface area contributed by atoms with Crippen molar-refractivity contribution in [1.29, 1.82) is 5.26 Å². The molecule has 1 heterocycles. The monoisotopic (exact) mass is 287 g/mol. The summed E-state index contributed by atoms with van der Waals surface area (Å²) in [6.45, 7) is 1.79. The maximum Gasteiger partial charge on any atom is 0.236 e. The minimum atomic E-state index is -3.48. The summed E-state index contributed by atoms with van der Waals surface area (Å²) in [5, 5.41) is 8.70. The van der Waals surface area contributed by atoms with Crippen LogP contribution < -0.4 is 4.72 Å². The quantitative estimate of drug-likeness (QED) is 0.934. The Hall–Kier alpha value is -2.39. The number of rotatable bonds is 4. The standard InChI is InChI=1S/C14H13N3O2S/c1-11-8-14(6-7-16-11)17-20(18,19)10-13-4-2-12(9-15)3-5-13/h2-8H,10H2,1H3,(H,16,17). The van der Waals surface area contributed by atoms with Crippen LogP contribution in [0.5, 0.6) is 0 Å². The Morgan fingerprint density at radius 3 is 2.55 bits per heavy atom. The van der Waals surface area contributed by atoms with Gasteiger partial charge < -0.3 is 0 Å². The number of anilines is 1. The Bertz CT molecular complexity index is 747. The number of benzene rings is 1. The molecule has 0 saturated carbocycles. The SMILES string of the molecule is Cc1cc(NS(=O)(=O)Cc2ccc(C#N)cc2)ccn1. The van der Waals surface area contributed by atoms with E-state index in [1.165, 1.54) is 0 Å². The van der Waals surface area contributed by atoms with Crippen LogP contribution in [-0.2, 0) is 15.8 Å². The first-order valence-electron chi connectivity index (χ1n) is 5.91. The van der Waals surface area contributed by atoms with Gasteiger partial charge in [-0.2, -0.15) is 5.26 Å². The van der Waals surface area contributed by atoms with Crippen LogP contribution in [0, 0.1) is 18.3 Å². The molecule has 6 heteroatoms. The van der Waals surface area contributed by atoms with Crippen LogP contribution >= 0.6 is 0 Å². The van der Waals surface area contributed by atoms with Crippen molar-refractivity contribution in [1.82, 2.24) is 4.98 Å². The molecule has 0 aliphatic carbocycles. The second kappa shape index (κ2) is 5.72. The van der Waals surface area contributed by atoms with E-state index in [-0.39, 0.29) is 5.75 Å². The summed E-state index contributed by atoms with van der Waals surface area (Å²) in [5.41, 5.74) is 2.36. The molecule has 0 atom stereocenters. The van der Waals surface area contributed by atoms with Gasteiger partial charge in [-0.1, -0.05) is 12.1 Å². The Morgan fingerprint density at radius 1 is 1.25 bits per heavy atom. The Labute approximate surface area is 118 Å². The second-order valence-corrected chi connectivity index (χ2v) is 6.08. The number of aromatic nitrogens is 1. The van der Waals surface area contributed by atoms with E-state index in [1.807, 2.05) is 6.07 Å². The smallest absolute Gasteiger partial charge is 0.236 e. The van der Waals surface area contributed by atoms with Crippen molar-refractivity contribution in [3.05, 3.63) is 59.4 Å². The lowest BCUT2D eigenvalue weighted by Gasteiger charge is -2.08. The highest BCUT2D eigenvalue weighted by Gasteiger charge is 2.12. The van der Waals surface area contributed by atoms with Gasteiger partial charge in [-0.05, 0) is 36.8 Å². The average molecular weight is 287 g/mol. The van der Waals surface area contributed by atoms with Crippen LogP contribution in [0.15, 0.2) is 42.6 Å². The topological polar surface area (TPSA) is 82.9 Å². The van der Waals surface area contributed by atoms with Crippen molar-refractivity contribution in [2.75, 3.05) is 4.72 Å². The first kappa shape index (κ1) is 14.0. The molecule has 0 aliphatic heterocycles. The molecule has 0 aliphatic rings. The summed E-state index contributed by atoms with van der Waals surface area (Å²) in [4.78, 5) is 4.01. The molecule has 0 radical (unpaired) electrons. The lowest BCUT2D eigenvalue weighted by molar-refractivity contribution is 0.600. The van der Waals surface area contributed by atoms with E-state index in [0.717, 1.165) is 5.69 Å². The van der Waals surface area contributed by atoms with E-state index < -0.39 is 10.0 Å². The van der Waals surface area contributed by atoms with E-state index in [9.17, 15) is 8.42 Å². The Morgan fingerprint density at radius 2 is 1.95 bits per heavy atom. The first-order valence-corrected chi connectivity index (χ1v) is 7.56. The zero-order valence-corrected chi connectivity index (χ0v) is 11.7. The zero-order valence-electron chi connectivity index (χ0n) is 10.9. The van der Waals surface area contributed by atoms with Gasteiger partial charge in [0.2, 0.25) is 10.0 Å². The summed E-state index contributed by atoms with van der Waals surface area (Å²) < 4.78 is 26.6. The van der Waals surface area contributed by atoms with E-state index in [4.69, 9.17) is 5.26 Å². The minimum absolute atomic E-state index is 0.139. The van der Waals surface area contributed by atoms with Crippen molar-refractivity contribution < 1.29 is 8.42 Å². The van der Waals surface area contributed by atoms with E-state index >= 15 is 0 Å². The molecule has 5 nitrogen and oxygen atoms in total. The lowest BCUT2D eigenvalue weighted by atomic mass is 10.2. The maximum absolute atomic E-state index is 12.0. The van der Waals surface area contributed by atoms with Crippen LogP contribution in [-0.4, -0.2) is 13.4 Å². The fourth-order valence-corrected chi connectivity index (χ4v) is 2.91. The van der Waals surface area contributed by atoms with Crippen LogP contribution in [0.3, 0.4) is 0 Å². The zero-order chi connectivity index (χ0) is 14.6. The number of hydrogen-bond donors (Lipinski definition) is 1. The third-order valence-corrected chi connectivity index (χ3v) is 3.87. The van der Waals surface area contributed by atoms with Gasteiger partial charge in [0.25, 0.3) is 0 Å². The Balaban J connectivity index is 2.13. The molecule has 0 saturated heterocycles. The third kappa shape index (κ3) is 3.80. The van der Waals surface area contributed by atoms with Crippen molar-refractivity contribution >= 4 is 15.7 Å².